The lowest BCUT2D eigenvalue weighted by atomic mass is 10.1. The van der Waals surface area contributed by atoms with E-state index < -0.39 is 16.1 Å². The van der Waals surface area contributed by atoms with Crippen LogP contribution in [0.1, 0.15) is 11.1 Å². The van der Waals surface area contributed by atoms with Crippen molar-refractivity contribution in [2.45, 2.75) is 18.7 Å². The molecule has 2 amide bonds. The van der Waals surface area contributed by atoms with Crippen LogP contribution in [0, 0.1) is 13.8 Å². The Morgan fingerprint density at radius 1 is 1.31 bits per heavy atom. The minimum absolute atomic E-state index is 0.0804. The Hall–Kier alpha value is -1.76. The number of sulfonamides is 1. The van der Waals surface area contributed by atoms with Crippen LogP contribution in [0.5, 0.6) is 0 Å². The molecule has 0 aliphatic rings. The number of anilines is 1. The Kier molecular flexibility index (Phi) is 3.09. The van der Waals surface area contributed by atoms with E-state index in [0.717, 1.165) is 5.56 Å². The second-order valence-corrected chi connectivity index (χ2v) is 5.01. The van der Waals surface area contributed by atoms with Crippen LogP contribution < -0.4 is 16.2 Å². The summed E-state index contributed by atoms with van der Waals surface area (Å²) >= 11 is 0. The highest BCUT2D eigenvalue weighted by molar-refractivity contribution is 7.90. The minimum atomic E-state index is -3.99. The van der Waals surface area contributed by atoms with Crippen molar-refractivity contribution in [2.24, 2.45) is 5.73 Å². The maximum Gasteiger partial charge on any atom is 0.326 e. The fraction of sp³-hybridized carbons (Fsp3) is 0.222. The van der Waals surface area contributed by atoms with E-state index in [2.05, 4.69) is 0 Å². The monoisotopic (exact) mass is 243 g/mol. The topological polar surface area (TPSA) is 115 Å². The predicted molar refractivity (Wildman–Crippen MR) is 60.2 cm³/mol. The van der Waals surface area contributed by atoms with Gasteiger partial charge in [-0.3, -0.25) is 0 Å². The zero-order valence-electron chi connectivity index (χ0n) is 8.94. The van der Waals surface area contributed by atoms with Crippen molar-refractivity contribution in [3.8, 4) is 0 Å². The highest BCUT2D eigenvalue weighted by atomic mass is 32.2. The van der Waals surface area contributed by atoms with Gasteiger partial charge in [-0.2, -0.15) is 0 Å². The fourth-order valence-electron chi connectivity index (χ4n) is 1.35. The van der Waals surface area contributed by atoms with Gasteiger partial charge in [-0.05, 0) is 31.0 Å². The van der Waals surface area contributed by atoms with Gasteiger partial charge in [0.2, 0.25) is 0 Å². The van der Waals surface area contributed by atoms with Crippen LogP contribution >= 0.6 is 0 Å². The minimum Gasteiger partial charge on any atom is -0.398 e. The number of carbonyl (C=O) groups excluding carboxylic acids is 1. The van der Waals surface area contributed by atoms with Gasteiger partial charge < -0.3 is 11.5 Å². The normalized spacial score (nSPS) is 11.1. The maximum atomic E-state index is 11.7. The number of hydrogen-bond donors (Lipinski definition) is 3. The molecular weight excluding hydrogens is 230 g/mol. The predicted octanol–water partition coefficient (Wildman–Crippen LogP) is 0.243. The van der Waals surface area contributed by atoms with Crippen molar-refractivity contribution in [3.63, 3.8) is 0 Å². The molecule has 1 rings (SSSR count). The molecule has 7 heteroatoms. The summed E-state index contributed by atoms with van der Waals surface area (Å²) in [7, 11) is -3.99. The molecule has 0 aliphatic heterocycles. The number of carbonyl (C=O) groups is 1. The second kappa shape index (κ2) is 4.01. The molecule has 0 bridgehead atoms. The summed E-state index contributed by atoms with van der Waals surface area (Å²) in [4.78, 5) is 10.5. The number of aryl methyl sites for hydroxylation is 1. The van der Waals surface area contributed by atoms with Crippen LogP contribution in [0.25, 0.3) is 0 Å². The summed E-state index contributed by atoms with van der Waals surface area (Å²) in [5.41, 5.74) is 11.7. The van der Waals surface area contributed by atoms with Gasteiger partial charge in [0.25, 0.3) is 10.0 Å². The molecule has 0 radical (unpaired) electrons. The van der Waals surface area contributed by atoms with Crippen molar-refractivity contribution < 1.29 is 13.2 Å². The Labute approximate surface area is 93.7 Å². The molecule has 88 valence electrons. The van der Waals surface area contributed by atoms with E-state index in [9.17, 15) is 13.2 Å². The molecule has 0 spiro atoms. The van der Waals surface area contributed by atoms with E-state index in [0.29, 0.717) is 5.56 Å². The summed E-state index contributed by atoms with van der Waals surface area (Å²) in [6.45, 7) is 3.36. The molecule has 1 aromatic rings. The Balaban J connectivity index is 3.44. The molecule has 16 heavy (non-hydrogen) atoms. The van der Waals surface area contributed by atoms with Crippen molar-refractivity contribution in [1.82, 2.24) is 4.72 Å². The van der Waals surface area contributed by atoms with Gasteiger partial charge in [0.1, 0.15) is 4.90 Å². The average Bonchev–Trinajstić information content (AvgIpc) is 2.09. The van der Waals surface area contributed by atoms with Gasteiger partial charge in [-0.25, -0.2) is 17.9 Å². The molecule has 0 atom stereocenters. The SMILES string of the molecule is Cc1ccc(N)c(S(=O)(=O)NC(N)=O)c1C. The van der Waals surface area contributed by atoms with E-state index in [1.807, 2.05) is 0 Å². The van der Waals surface area contributed by atoms with E-state index >= 15 is 0 Å². The first-order chi connectivity index (χ1) is 7.25. The molecule has 0 fully saturated rings. The molecule has 0 saturated heterocycles. The van der Waals surface area contributed by atoms with Gasteiger partial charge in [-0.15, -0.1) is 0 Å². The lowest BCUT2D eigenvalue weighted by Gasteiger charge is -2.12. The van der Waals surface area contributed by atoms with Gasteiger partial charge in [0, 0.05) is 0 Å². The maximum absolute atomic E-state index is 11.7. The van der Waals surface area contributed by atoms with E-state index in [1.54, 1.807) is 24.6 Å². The number of nitrogen functional groups attached to an aromatic ring is 1. The molecular formula is C9H13N3O3S. The number of amides is 2. The largest absolute Gasteiger partial charge is 0.398 e. The Bertz CT molecular complexity index is 537. The quantitative estimate of drug-likeness (QED) is 0.645. The summed E-state index contributed by atoms with van der Waals surface area (Å²) in [6, 6.07) is 2.03. The van der Waals surface area contributed by atoms with Crippen LogP contribution in [0.4, 0.5) is 10.5 Å². The van der Waals surface area contributed by atoms with Crippen LogP contribution in [0.15, 0.2) is 17.0 Å². The zero-order chi connectivity index (χ0) is 12.5. The first-order valence-electron chi connectivity index (χ1n) is 4.43. The van der Waals surface area contributed by atoms with Crippen molar-refractivity contribution in [1.29, 1.82) is 0 Å². The lowest BCUT2D eigenvalue weighted by molar-refractivity contribution is 0.253. The number of nitrogens with one attached hydrogen (secondary N) is 1. The van der Waals surface area contributed by atoms with Crippen molar-refractivity contribution >= 4 is 21.7 Å². The smallest absolute Gasteiger partial charge is 0.326 e. The fourth-order valence-corrected chi connectivity index (χ4v) is 2.66. The third-order valence-electron chi connectivity index (χ3n) is 2.21. The molecule has 6 nitrogen and oxygen atoms in total. The third-order valence-corrected chi connectivity index (χ3v) is 3.76. The molecule has 0 saturated carbocycles. The standard InChI is InChI=1S/C9H13N3O3S/c1-5-3-4-7(10)8(6(5)2)16(14,15)12-9(11)13/h3-4H,10H2,1-2H3,(H3,11,12,13). The summed E-state index contributed by atoms with van der Waals surface area (Å²) in [5.74, 6) is 0. The van der Waals surface area contributed by atoms with Gasteiger partial charge in [-0.1, -0.05) is 6.07 Å². The van der Waals surface area contributed by atoms with E-state index in [-0.39, 0.29) is 10.6 Å². The van der Waals surface area contributed by atoms with Crippen LogP contribution in [-0.2, 0) is 10.0 Å². The molecule has 1 aromatic carbocycles. The molecule has 0 unspecified atom stereocenters. The summed E-state index contributed by atoms with van der Waals surface area (Å²) < 4.78 is 25.2. The second-order valence-electron chi connectivity index (χ2n) is 3.40. The Morgan fingerprint density at radius 3 is 2.38 bits per heavy atom. The highest BCUT2D eigenvalue weighted by Crippen LogP contribution is 2.24. The zero-order valence-corrected chi connectivity index (χ0v) is 9.76. The molecule has 0 heterocycles. The van der Waals surface area contributed by atoms with Crippen LogP contribution in [0.2, 0.25) is 0 Å². The summed E-state index contributed by atoms with van der Waals surface area (Å²) in [5, 5.41) is 0. The number of benzene rings is 1. The summed E-state index contributed by atoms with van der Waals surface area (Å²) in [6.07, 6.45) is 0. The molecule has 0 aromatic heterocycles. The number of rotatable bonds is 2. The third kappa shape index (κ3) is 2.25. The first-order valence-corrected chi connectivity index (χ1v) is 5.92. The number of primary amides is 1. The number of hydrogen-bond acceptors (Lipinski definition) is 4. The van der Waals surface area contributed by atoms with Crippen LogP contribution in [0.3, 0.4) is 0 Å². The van der Waals surface area contributed by atoms with Crippen LogP contribution in [-0.4, -0.2) is 14.4 Å². The molecule has 5 N–H and O–H groups in total. The van der Waals surface area contributed by atoms with Gasteiger partial charge in [0.15, 0.2) is 0 Å². The van der Waals surface area contributed by atoms with Crippen molar-refractivity contribution in [3.05, 3.63) is 23.3 Å². The van der Waals surface area contributed by atoms with Gasteiger partial charge >= 0.3 is 6.03 Å². The van der Waals surface area contributed by atoms with Crippen molar-refractivity contribution in [2.75, 3.05) is 5.73 Å². The highest BCUT2D eigenvalue weighted by Gasteiger charge is 2.22. The number of nitrogens with two attached hydrogens (primary N) is 2. The lowest BCUT2D eigenvalue weighted by Crippen LogP contribution is -2.35. The van der Waals surface area contributed by atoms with E-state index in [1.165, 1.54) is 6.07 Å². The molecule has 0 aliphatic carbocycles. The first kappa shape index (κ1) is 12.3. The van der Waals surface area contributed by atoms with Gasteiger partial charge in [0.05, 0.1) is 5.69 Å². The van der Waals surface area contributed by atoms with E-state index in [4.69, 9.17) is 11.5 Å². The number of urea groups is 1. The average molecular weight is 243 g/mol. The Morgan fingerprint density at radius 2 is 1.88 bits per heavy atom.